The molecule has 2 aromatic heterocycles. The van der Waals surface area contributed by atoms with Gasteiger partial charge in [0, 0.05) is 24.8 Å². The summed E-state index contributed by atoms with van der Waals surface area (Å²) in [6.07, 6.45) is 2.01. The number of aliphatic hydroxyl groups is 1. The number of rotatable bonds is 3. The molecule has 3 rings (SSSR count). The van der Waals surface area contributed by atoms with Crippen LogP contribution in [-0.2, 0) is 0 Å². The van der Waals surface area contributed by atoms with Crippen LogP contribution in [0, 0.1) is 0 Å². The number of nitrogens with two attached hydrogens (primary N) is 1. The maximum Gasteiger partial charge on any atom is 0.268 e. The van der Waals surface area contributed by atoms with Gasteiger partial charge in [-0.3, -0.25) is 9.78 Å². The highest BCUT2D eigenvalue weighted by atomic mass is 16.3. The van der Waals surface area contributed by atoms with Crippen molar-refractivity contribution in [1.82, 2.24) is 9.97 Å². The number of β-amino-alcohol motifs (C(OH)–C–C–N with tert-alkyl or cyclic N) is 1. The number of aliphatic hydroxyl groups excluding tert-OH is 1. The number of primary amides is 1. The van der Waals surface area contributed by atoms with Crippen LogP contribution in [0.1, 0.15) is 16.9 Å². The Morgan fingerprint density at radius 2 is 2.19 bits per heavy atom. The summed E-state index contributed by atoms with van der Waals surface area (Å²) in [5.41, 5.74) is 6.93. The molecule has 6 nitrogen and oxygen atoms in total. The van der Waals surface area contributed by atoms with Gasteiger partial charge in [0.25, 0.3) is 5.91 Å². The third-order valence-corrected chi connectivity index (χ3v) is 3.54. The largest absolute Gasteiger partial charge is 0.391 e. The lowest BCUT2D eigenvalue weighted by Gasteiger charge is -2.18. The van der Waals surface area contributed by atoms with Gasteiger partial charge in [0.2, 0.25) is 0 Å². The fraction of sp³-hybridized carbons (Fsp3) is 0.267. The predicted molar refractivity (Wildman–Crippen MR) is 78.8 cm³/mol. The summed E-state index contributed by atoms with van der Waals surface area (Å²) in [7, 11) is 0. The minimum atomic E-state index is -0.586. The first-order valence-corrected chi connectivity index (χ1v) is 6.80. The van der Waals surface area contributed by atoms with Crippen LogP contribution in [0.3, 0.4) is 0 Å². The number of pyridine rings is 2. The molecule has 1 amide bonds. The second kappa shape index (κ2) is 5.49. The van der Waals surface area contributed by atoms with Crippen molar-refractivity contribution in [1.29, 1.82) is 0 Å². The SMILES string of the molecule is NC(=O)c1nc(N2CCC(O)C2)ccc1-c1ccccn1. The highest BCUT2D eigenvalue weighted by molar-refractivity contribution is 5.97. The fourth-order valence-corrected chi connectivity index (χ4v) is 2.49. The van der Waals surface area contributed by atoms with E-state index in [9.17, 15) is 9.90 Å². The third kappa shape index (κ3) is 2.71. The molecular formula is C15H16N4O2. The molecule has 1 aliphatic rings. The van der Waals surface area contributed by atoms with Gasteiger partial charge in [-0.25, -0.2) is 4.98 Å². The molecule has 21 heavy (non-hydrogen) atoms. The van der Waals surface area contributed by atoms with Gasteiger partial charge in [0.1, 0.15) is 11.5 Å². The van der Waals surface area contributed by atoms with Gasteiger partial charge in [-0.15, -0.1) is 0 Å². The normalized spacial score (nSPS) is 18.0. The van der Waals surface area contributed by atoms with Crippen molar-refractivity contribution >= 4 is 11.7 Å². The summed E-state index contributed by atoms with van der Waals surface area (Å²) in [4.78, 5) is 22.2. The zero-order valence-corrected chi connectivity index (χ0v) is 11.4. The number of hydrogen-bond donors (Lipinski definition) is 2. The fourth-order valence-electron chi connectivity index (χ4n) is 2.49. The smallest absolute Gasteiger partial charge is 0.268 e. The molecule has 2 aromatic rings. The van der Waals surface area contributed by atoms with Gasteiger partial charge in [0.15, 0.2) is 0 Å². The Bertz CT molecular complexity index is 660. The highest BCUT2D eigenvalue weighted by Crippen LogP contribution is 2.25. The van der Waals surface area contributed by atoms with Crippen LogP contribution in [0.15, 0.2) is 36.5 Å². The van der Waals surface area contributed by atoms with E-state index in [0.717, 1.165) is 6.54 Å². The van der Waals surface area contributed by atoms with Gasteiger partial charge in [0.05, 0.1) is 11.8 Å². The number of anilines is 1. The van der Waals surface area contributed by atoms with E-state index in [1.807, 2.05) is 23.1 Å². The highest BCUT2D eigenvalue weighted by Gasteiger charge is 2.23. The van der Waals surface area contributed by atoms with E-state index >= 15 is 0 Å². The zero-order chi connectivity index (χ0) is 14.8. The maximum absolute atomic E-state index is 11.7. The van der Waals surface area contributed by atoms with Crippen LogP contribution in [0.4, 0.5) is 5.82 Å². The van der Waals surface area contributed by atoms with Crippen molar-refractivity contribution in [2.24, 2.45) is 5.73 Å². The molecule has 0 aromatic carbocycles. The minimum Gasteiger partial charge on any atom is -0.391 e. The molecule has 0 radical (unpaired) electrons. The Morgan fingerprint density at radius 1 is 1.33 bits per heavy atom. The van der Waals surface area contributed by atoms with Crippen LogP contribution in [0.2, 0.25) is 0 Å². The summed E-state index contributed by atoms with van der Waals surface area (Å²) in [5, 5.41) is 9.60. The lowest BCUT2D eigenvalue weighted by molar-refractivity contribution is 0.0996. The number of amides is 1. The van der Waals surface area contributed by atoms with Crippen LogP contribution in [-0.4, -0.2) is 40.2 Å². The predicted octanol–water partition coefficient (Wildman–Crippen LogP) is 0.813. The second-order valence-electron chi connectivity index (χ2n) is 5.03. The molecule has 3 heterocycles. The van der Waals surface area contributed by atoms with E-state index in [2.05, 4.69) is 9.97 Å². The number of hydrogen-bond acceptors (Lipinski definition) is 5. The maximum atomic E-state index is 11.7. The molecule has 1 saturated heterocycles. The lowest BCUT2D eigenvalue weighted by Crippen LogP contribution is -2.24. The van der Waals surface area contributed by atoms with Gasteiger partial charge in [-0.1, -0.05) is 6.07 Å². The molecule has 1 atom stereocenters. The molecule has 0 bridgehead atoms. The average molecular weight is 284 g/mol. The Morgan fingerprint density at radius 3 is 2.81 bits per heavy atom. The Kier molecular flexibility index (Phi) is 3.53. The number of carbonyl (C=O) groups is 1. The van der Waals surface area contributed by atoms with Gasteiger partial charge < -0.3 is 15.7 Å². The quantitative estimate of drug-likeness (QED) is 0.870. The molecule has 6 heteroatoms. The van der Waals surface area contributed by atoms with Crippen molar-refractivity contribution in [2.75, 3.05) is 18.0 Å². The first-order chi connectivity index (χ1) is 10.1. The molecule has 1 unspecified atom stereocenters. The summed E-state index contributed by atoms with van der Waals surface area (Å²) in [6.45, 7) is 1.24. The van der Waals surface area contributed by atoms with E-state index in [4.69, 9.17) is 5.73 Å². The zero-order valence-electron chi connectivity index (χ0n) is 11.4. The number of nitrogens with zero attached hydrogens (tertiary/aromatic N) is 3. The van der Waals surface area contributed by atoms with Gasteiger partial charge in [-0.2, -0.15) is 0 Å². The summed E-state index contributed by atoms with van der Waals surface area (Å²) < 4.78 is 0. The van der Waals surface area contributed by atoms with Crippen molar-refractivity contribution in [2.45, 2.75) is 12.5 Å². The summed E-state index contributed by atoms with van der Waals surface area (Å²) in [6, 6.07) is 9.09. The molecule has 1 aliphatic heterocycles. The standard InChI is InChI=1S/C15H16N4O2/c16-15(21)14-11(12-3-1-2-7-17-12)4-5-13(18-14)19-8-6-10(20)9-19/h1-5,7,10,20H,6,8-9H2,(H2,16,21). The Balaban J connectivity index is 2.01. The van der Waals surface area contributed by atoms with Crippen molar-refractivity contribution in [3.05, 3.63) is 42.2 Å². The van der Waals surface area contributed by atoms with Crippen LogP contribution < -0.4 is 10.6 Å². The van der Waals surface area contributed by atoms with E-state index in [0.29, 0.717) is 30.0 Å². The summed E-state index contributed by atoms with van der Waals surface area (Å²) in [5.74, 6) is 0.0669. The van der Waals surface area contributed by atoms with Crippen LogP contribution in [0.25, 0.3) is 11.3 Å². The van der Waals surface area contributed by atoms with Gasteiger partial charge >= 0.3 is 0 Å². The molecule has 3 N–H and O–H groups in total. The van der Waals surface area contributed by atoms with Crippen molar-refractivity contribution < 1.29 is 9.90 Å². The van der Waals surface area contributed by atoms with Gasteiger partial charge in [-0.05, 0) is 30.7 Å². The van der Waals surface area contributed by atoms with E-state index < -0.39 is 5.91 Å². The van der Waals surface area contributed by atoms with E-state index in [1.54, 1.807) is 18.3 Å². The molecule has 0 spiro atoms. The topological polar surface area (TPSA) is 92.3 Å². The second-order valence-corrected chi connectivity index (χ2v) is 5.03. The molecular weight excluding hydrogens is 268 g/mol. The van der Waals surface area contributed by atoms with E-state index in [1.165, 1.54) is 0 Å². The Labute approximate surface area is 122 Å². The monoisotopic (exact) mass is 284 g/mol. The summed E-state index contributed by atoms with van der Waals surface area (Å²) >= 11 is 0. The third-order valence-electron chi connectivity index (χ3n) is 3.54. The molecule has 1 fully saturated rings. The average Bonchev–Trinajstić information content (AvgIpc) is 2.94. The number of aromatic nitrogens is 2. The van der Waals surface area contributed by atoms with Crippen molar-refractivity contribution in [3.8, 4) is 11.3 Å². The number of carbonyl (C=O) groups excluding carboxylic acids is 1. The van der Waals surface area contributed by atoms with Crippen LogP contribution in [0.5, 0.6) is 0 Å². The molecule has 108 valence electrons. The van der Waals surface area contributed by atoms with E-state index in [-0.39, 0.29) is 11.8 Å². The lowest BCUT2D eigenvalue weighted by atomic mass is 10.1. The van der Waals surface area contributed by atoms with Crippen LogP contribution >= 0.6 is 0 Å². The molecule has 0 saturated carbocycles. The Hall–Kier alpha value is -2.47. The van der Waals surface area contributed by atoms with Crippen molar-refractivity contribution in [3.63, 3.8) is 0 Å². The first-order valence-electron chi connectivity index (χ1n) is 6.80. The molecule has 0 aliphatic carbocycles. The minimum absolute atomic E-state index is 0.201. The first kappa shape index (κ1) is 13.5.